The Hall–Kier alpha value is -9.48. The van der Waals surface area contributed by atoms with Crippen LogP contribution in [0.25, 0.3) is 33.4 Å². The van der Waals surface area contributed by atoms with Gasteiger partial charge in [0.25, 0.3) is 17.5 Å². The molecule has 23 heteroatoms. The predicted molar refractivity (Wildman–Crippen MR) is 301 cm³/mol. The second kappa shape index (κ2) is 24.3. The minimum atomic E-state index is -1.54. The fourth-order valence-corrected chi connectivity index (χ4v) is 11.1. The minimum absolute atomic E-state index is 0.000151. The average molecular weight is 1100 g/mol. The molecule has 0 saturated carbocycles. The van der Waals surface area contributed by atoms with Gasteiger partial charge in [-0.05, 0) is 81.7 Å². The Morgan fingerprint density at radius 3 is 1.67 bits per heavy atom. The normalized spacial score (nSPS) is 16.2. The van der Waals surface area contributed by atoms with Gasteiger partial charge < -0.3 is 45.1 Å². The van der Waals surface area contributed by atoms with Crippen molar-refractivity contribution >= 4 is 51.0 Å². The van der Waals surface area contributed by atoms with Crippen molar-refractivity contribution in [2.45, 2.75) is 57.4 Å². The molecule has 3 aliphatic heterocycles. The monoisotopic (exact) mass is 1090 g/mol. The second-order valence-corrected chi connectivity index (χ2v) is 20.0. The Morgan fingerprint density at radius 1 is 0.691 bits per heavy atom. The van der Waals surface area contributed by atoms with Crippen LogP contribution in [0.3, 0.4) is 0 Å². The largest absolute Gasteiger partial charge is 0.494 e. The first-order valence-electron chi connectivity index (χ1n) is 26.6. The van der Waals surface area contributed by atoms with Crippen molar-refractivity contribution in [3.8, 4) is 23.1 Å². The van der Waals surface area contributed by atoms with Gasteiger partial charge in [-0.2, -0.15) is 10.2 Å². The van der Waals surface area contributed by atoms with Crippen molar-refractivity contribution in [2.24, 2.45) is 29.6 Å². The number of aromatic amines is 2. The van der Waals surface area contributed by atoms with E-state index in [1.54, 1.807) is 31.3 Å². The fourth-order valence-electron chi connectivity index (χ4n) is 11.1. The number of pyridine rings is 2. The van der Waals surface area contributed by atoms with Crippen molar-refractivity contribution in [1.82, 2.24) is 69.2 Å². The fraction of sp³-hybridized carbons (Fsp3) is 0.310. The number of nitrogens with two attached hydrogens (primary N) is 1. The number of aryl methyl sites for hydroxylation is 3. The summed E-state index contributed by atoms with van der Waals surface area (Å²) in [6.07, 6.45) is 20.4. The molecule has 10 heterocycles. The lowest BCUT2D eigenvalue weighted by Gasteiger charge is -2.37. The lowest BCUT2D eigenvalue weighted by Crippen LogP contribution is -2.44. The summed E-state index contributed by atoms with van der Waals surface area (Å²) in [6, 6.07) is 20.9. The quantitative estimate of drug-likeness (QED) is 0.0595. The zero-order valence-electron chi connectivity index (χ0n) is 45.4. The zero-order valence-corrected chi connectivity index (χ0v) is 45.4. The molecule has 416 valence electrons. The Bertz CT molecular complexity index is 3770. The molecule has 3 atom stereocenters. The molecule has 2 fully saturated rings. The molecule has 23 nitrogen and oxygen atoms in total. The number of nitrogens with one attached hydrogen (secondary N) is 3. The highest BCUT2D eigenvalue weighted by Gasteiger charge is 2.37. The van der Waals surface area contributed by atoms with Crippen LogP contribution in [0.1, 0.15) is 86.8 Å². The van der Waals surface area contributed by atoms with Crippen LogP contribution in [0.2, 0.25) is 0 Å². The third-order valence-corrected chi connectivity index (χ3v) is 15.1. The first-order valence-corrected chi connectivity index (χ1v) is 26.6. The molecule has 3 aliphatic rings. The number of amides is 1. The zero-order chi connectivity index (χ0) is 56.7. The van der Waals surface area contributed by atoms with Crippen LogP contribution < -0.4 is 20.5 Å². The highest BCUT2D eigenvalue weighted by atomic mass is 16.5. The molecule has 0 spiro atoms. The number of aliphatic carboxylic acids is 1. The summed E-state index contributed by atoms with van der Waals surface area (Å²) in [4.78, 5) is 83.5. The summed E-state index contributed by atoms with van der Waals surface area (Å²) in [5, 5.41) is 21.7. The number of piperidine rings is 2. The van der Waals surface area contributed by atoms with Crippen LogP contribution in [-0.4, -0.2) is 145 Å². The van der Waals surface area contributed by atoms with Crippen molar-refractivity contribution in [3.05, 3.63) is 163 Å². The molecule has 0 radical (unpaired) electrons. The molecule has 1 amide bonds. The number of carboxylic acids is 1. The summed E-state index contributed by atoms with van der Waals surface area (Å²) in [5.74, 6) is 1.56. The number of carbonyl (C=O) groups is 4. The van der Waals surface area contributed by atoms with Gasteiger partial charge in [-0.15, -0.1) is 0 Å². The van der Waals surface area contributed by atoms with Gasteiger partial charge in [-0.1, -0.05) is 60.7 Å². The lowest BCUT2D eigenvalue weighted by molar-refractivity contribution is -0.131. The van der Waals surface area contributed by atoms with Crippen molar-refractivity contribution in [3.63, 3.8) is 0 Å². The third-order valence-electron chi connectivity index (χ3n) is 15.1. The molecule has 0 aliphatic carbocycles. The number of H-pyrrole nitrogens is 2. The number of imidazole rings is 1. The van der Waals surface area contributed by atoms with Gasteiger partial charge in [-0.3, -0.25) is 19.4 Å². The predicted octanol–water partition coefficient (Wildman–Crippen LogP) is 6.24. The summed E-state index contributed by atoms with van der Waals surface area (Å²) in [7, 11) is 5.01. The van der Waals surface area contributed by atoms with E-state index in [1.165, 1.54) is 84.5 Å². The maximum Gasteiger partial charge on any atom is 0.377 e. The van der Waals surface area contributed by atoms with Crippen molar-refractivity contribution in [1.29, 1.82) is 0 Å². The number of aromatic nitrogens is 12. The molecule has 12 rings (SSSR count). The molecular weight excluding hydrogens is 1030 g/mol. The number of aliphatic imine (C=N–C) groups is 1. The van der Waals surface area contributed by atoms with E-state index < -0.39 is 23.4 Å². The van der Waals surface area contributed by atoms with Crippen LogP contribution in [0, 0.1) is 25.7 Å². The van der Waals surface area contributed by atoms with Gasteiger partial charge in [0, 0.05) is 68.7 Å². The van der Waals surface area contributed by atoms with E-state index in [1.807, 2.05) is 36.7 Å². The van der Waals surface area contributed by atoms with Crippen molar-refractivity contribution in [2.75, 3.05) is 40.4 Å². The molecule has 9 aromatic rings. The molecule has 0 bridgehead atoms. The molecule has 3 unspecified atom stereocenters. The minimum Gasteiger partial charge on any atom is -0.494 e. The number of ether oxygens (including phenoxy) is 2. The van der Waals surface area contributed by atoms with Crippen LogP contribution in [0.5, 0.6) is 11.5 Å². The SMILES string of the molecule is COc1cnc(-n2cnc(C)n2)c2[nH]cc(C(=O)C(=O)N3CCC(C(C4=NC=CC4N)c4ccccc4)CC3)c12.COc1cnc(-n2cnc(C)n2)c2[nH]cc(C(=O)C(=O)O)c12.Cn1ccnc1C(c1ccccc1)C1CCNCC1. The standard InChI is InChI=1S/C29H30N8O3.C16H21N3.C13H11N5O4/c1-17-34-16-37(35-17)28-26-24(22(40-2)15-33-28)20(14-32-26)27(38)29(39)36-12-9-19(10-13-36)23(18-6-4-3-5-7-18)25-21(30)8-11-31-25;1-19-12-11-18-16(19)15(13-5-3-2-4-6-13)14-7-9-17-10-8-14;1-6-16-5-18(17-6)12-10-9(8(22-2)4-15-12)7(3-14-10)11(19)13(20)21/h3-8,11,14-16,19,21,23,32H,9-10,12-13,30H2,1-2H3;2-6,11-12,14-15,17H,7-10H2,1H3;3-5,14H,1-2H3,(H,20,21). The molecule has 7 aromatic heterocycles. The number of benzene rings is 2. The Balaban J connectivity index is 0.000000151. The highest BCUT2D eigenvalue weighted by molar-refractivity contribution is 6.45. The smallest absolute Gasteiger partial charge is 0.377 e. The van der Waals surface area contributed by atoms with E-state index >= 15 is 0 Å². The Morgan fingerprint density at radius 2 is 1.21 bits per heavy atom. The van der Waals surface area contributed by atoms with Gasteiger partial charge in [0.2, 0.25) is 0 Å². The number of carbonyl (C=O) groups excluding carboxylic acids is 3. The number of hydrogen-bond donors (Lipinski definition) is 5. The van der Waals surface area contributed by atoms with E-state index in [9.17, 15) is 19.2 Å². The molecule has 6 N–H and O–H groups in total. The number of Topliss-reactive ketones (excluding diaryl/α,β-unsaturated/α-hetero) is 2. The molecule has 2 aromatic carbocycles. The number of fused-ring (bicyclic) bond motifs is 2. The number of nitrogens with zero attached hydrogens (tertiary/aromatic N) is 12. The molecular formula is C58H62N16O7. The van der Waals surface area contributed by atoms with E-state index in [4.69, 9.17) is 20.3 Å². The van der Waals surface area contributed by atoms with Crippen molar-refractivity contribution < 1.29 is 33.8 Å². The number of rotatable bonds is 14. The third kappa shape index (κ3) is 11.4. The average Bonchev–Trinajstić information content (AvgIpc) is 4.40. The van der Waals surface area contributed by atoms with Gasteiger partial charge >= 0.3 is 5.97 Å². The first-order chi connectivity index (χ1) is 39.3. The summed E-state index contributed by atoms with van der Waals surface area (Å²) < 4.78 is 15.8. The number of likely N-dealkylation sites (tertiary alicyclic amines) is 1. The lowest BCUT2D eigenvalue weighted by atomic mass is 9.75. The maximum absolute atomic E-state index is 13.6. The van der Waals surface area contributed by atoms with Crippen LogP contribution in [0.15, 0.2) is 128 Å². The maximum atomic E-state index is 13.6. The number of methoxy groups -OCH3 is 2. The van der Waals surface area contributed by atoms with Gasteiger partial charge in [-0.25, -0.2) is 39.1 Å². The number of hydrogen-bond acceptors (Lipinski definition) is 16. The summed E-state index contributed by atoms with van der Waals surface area (Å²) in [5.41, 5.74) is 11.1. The van der Waals surface area contributed by atoms with Gasteiger partial charge in [0.1, 0.15) is 41.6 Å². The molecule has 81 heavy (non-hydrogen) atoms. The Kier molecular flexibility index (Phi) is 16.4. The van der Waals surface area contributed by atoms with Gasteiger partial charge in [0.15, 0.2) is 11.6 Å². The topological polar surface area (TPSA) is 297 Å². The van der Waals surface area contributed by atoms with Crippen LogP contribution in [-0.2, 0) is 16.6 Å². The van der Waals surface area contributed by atoms with Crippen LogP contribution in [0.4, 0.5) is 0 Å². The Labute approximate surface area is 465 Å². The number of ketones is 2. The molecule has 2 saturated heterocycles. The highest BCUT2D eigenvalue weighted by Crippen LogP contribution is 2.39. The first kappa shape index (κ1) is 54.9. The van der Waals surface area contributed by atoms with E-state index in [2.05, 4.69) is 109 Å². The van der Waals surface area contributed by atoms with Gasteiger partial charge in [0.05, 0.1) is 65.6 Å². The van der Waals surface area contributed by atoms with E-state index in [0.717, 1.165) is 31.6 Å². The van der Waals surface area contributed by atoms with Crippen LogP contribution >= 0.6 is 0 Å². The second-order valence-electron chi connectivity index (χ2n) is 20.0. The summed E-state index contributed by atoms with van der Waals surface area (Å²) in [6.45, 7) is 6.69. The number of carboxylic acid groups (broad SMARTS) is 1. The van der Waals surface area contributed by atoms with E-state index in [0.29, 0.717) is 81.5 Å². The summed E-state index contributed by atoms with van der Waals surface area (Å²) >= 11 is 0. The van der Waals surface area contributed by atoms with E-state index in [-0.39, 0.29) is 29.0 Å².